The van der Waals surface area contributed by atoms with Crippen molar-refractivity contribution in [1.29, 1.82) is 0 Å². The van der Waals surface area contributed by atoms with E-state index in [0.717, 1.165) is 11.3 Å². The highest BCUT2D eigenvalue weighted by molar-refractivity contribution is 5.83. The highest BCUT2D eigenvalue weighted by atomic mass is 16.5. The number of hydrogen-bond donors (Lipinski definition) is 3. The van der Waals surface area contributed by atoms with E-state index < -0.39 is 5.69 Å². The van der Waals surface area contributed by atoms with Crippen LogP contribution in [0.4, 0.5) is 0 Å². The number of rotatable bonds is 6. The zero-order valence-corrected chi connectivity index (χ0v) is 14.4. The summed E-state index contributed by atoms with van der Waals surface area (Å²) < 4.78 is 5.20. The van der Waals surface area contributed by atoms with Crippen molar-refractivity contribution >= 4 is 11.8 Å². The summed E-state index contributed by atoms with van der Waals surface area (Å²) in [5, 5.41) is 8.74. The van der Waals surface area contributed by atoms with E-state index in [1.54, 1.807) is 12.0 Å². The molecule has 138 valence electrons. The second-order valence-corrected chi connectivity index (χ2v) is 6.20. The molecule has 2 aromatic rings. The fourth-order valence-electron chi connectivity index (χ4n) is 2.98. The van der Waals surface area contributed by atoms with Crippen LogP contribution in [0.15, 0.2) is 29.1 Å². The Labute approximate surface area is 149 Å². The number of amides is 2. The van der Waals surface area contributed by atoms with Gasteiger partial charge in [-0.15, -0.1) is 0 Å². The Bertz CT molecular complexity index is 843. The molecule has 1 atom stereocenters. The number of benzene rings is 1. The Morgan fingerprint density at radius 1 is 1.42 bits per heavy atom. The first-order valence-electron chi connectivity index (χ1n) is 8.37. The fraction of sp³-hybridized carbons (Fsp3) is 0.412. The zero-order chi connectivity index (χ0) is 18.5. The molecule has 1 unspecified atom stereocenters. The van der Waals surface area contributed by atoms with E-state index in [4.69, 9.17) is 4.74 Å². The summed E-state index contributed by atoms with van der Waals surface area (Å²) in [6.45, 7) is 0.934. The van der Waals surface area contributed by atoms with Crippen LogP contribution in [-0.2, 0) is 22.7 Å². The summed E-state index contributed by atoms with van der Waals surface area (Å²) in [5.41, 5.74) is 0.537. The number of methoxy groups -OCH3 is 1. The lowest BCUT2D eigenvalue weighted by molar-refractivity contribution is -0.139. The summed E-state index contributed by atoms with van der Waals surface area (Å²) in [6.07, 6.45) is 0.845. The number of nitrogens with zero attached hydrogens (tertiary/aromatic N) is 2. The number of aromatic nitrogens is 3. The second-order valence-electron chi connectivity index (χ2n) is 6.20. The van der Waals surface area contributed by atoms with Crippen LogP contribution in [-0.4, -0.2) is 45.6 Å². The molecule has 1 aromatic carbocycles. The maximum Gasteiger partial charge on any atom is 0.340 e. The third-order valence-corrected chi connectivity index (χ3v) is 4.36. The third kappa shape index (κ3) is 4.29. The van der Waals surface area contributed by atoms with Crippen molar-refractivity contribution in [2.75, 3.05) is 13.7 Å². The molecule has 0 radical (unpaired) electrons. The van der Waals surface area contributed by atoms with E-state index in [0.29, 0.717) is 31.8 Å². The van der Waals surface area contributed by atoms with E-state index in [2.05, 4.69) is 20.5 Å². The molecule has 3 rings (SSSR count). The van der Waals surface area contributed by atoms with Crippen molar-refractivity contribution in [3.05, 3.63) is 46.1 Å². The maximum atomic E-state index is 12.4. The highest BCUT2D eigenvalue weighted by Gasteiger charge is 2.30. The Kier molecular flexibility index (Phi) is 5.35. The minimum atomic E-state index is -0.415. The van der Waals surface area contributed by atoms with Crippen molar-refractivity contribution in [3.63, 3.8) is 0 Å². The molecular formula is C17H21N5O4. The Balaban J connectivity index is 1.58. The number of H-pyrrole nitrogens is 2. The predicted molar refractivity (Wildman–Crippen MR) is 92.2 cm³/mol. The average Bonchev–Trinajstić information content (AvgIpc) is 3.07. The van der Waals surface area contributed by atoms with E-state index in [1.165, 1.54) is 0 Å². The summed E-state index contributed by atoms with van der Waals surface area (Å²) in [7, 11) is 1.60. The molecule has 1 aliphatic rings. The number of likely N-dealkylation sites (tertiary alicyclic amines) is 1. The molecule has 0 aliphatic carbocycles. The number of carbonyl (C=O) groups is 2. The largest absolute Gasteiger partial charge is 0.497 e. The van der Waals surface area contributed by atoms with Gasteiger partial charge in [-0.3, -0.25) is 14.6 Å². The molecule has 2 amide bonds. The average molecular weight is 359 g/mol. The van der Waals surface area contributed by atoms with Crippen LogP contribution in [0.5, 0.6) is 5.75 Å². The van der Waals surface area contributed by atoms with Crippen molar-refractivity contribution < 1.29 is 14.3 Å². The van der Waals surface area contributed by atoms with Gasteiger partial charge >= 0.3 is 5.69 Å². The van der Waals surface area contributed by atoms with Crippen LogP contribution < -0.4 is 15.7 Å². The maximum absolute atomic E-state index is 12.4. The van der Waals surface area contributed by atoms with Gasteiger partial charge in [0.2, 0.25) is 11.8 Å². The lowest BCUT2D eigenvalue weighted by atomic mass is 9.96. The summed E-state index contributed by atoms with van der Waals surface area (Å²) in [6, 6.07) is 7.52. The number of piperidine rings is 1. The van der Waals surface area contributed by atoms with E-state index in [-0.39, 0.29) is 24.3 Å². The lowest BCUT2D eigenvalue weighted by Gasteiger charge is -2.32. The van der Waals surface area contributed by atoms with Gasteiger partial charge < -0.3 is 15.0 Å². The number of aromatic amines is 2. The zero-order valence-electron chi connectivity index (χ0n) is 14.4. The van der Waals surface area contributed by atoms with E-state index in [1.807, 2.05) is 24.3 Å². The van der Waals surface area contributed by atoms with Gasteiger partial charge in [0, 0.05) is 19.5 Å². The van der Waals surface area contributed by atoms with Gasteiger partial charge in [-0.25, -0.2) is 9.89 Å². The molecule has 2 heterocycles. The van der Waals surface area contributed by atoms with Crippen LogP contribution in [0, 0.1) is 5.92 Å². The molecule has 0 bridgehead atoms. The molecule has 3 N–H and O–H groups in total. The second kappa shape index (κ2) is 7.85. The lowest BCUT2D eigenvalue weighted by Crippen LogP contribution is -2.45. The number of hydrogen-bond acceptors (Lipinski definition) is 5. The van der Waals surface area contributed by atoms with Gasteiger partial charge in [0.1, 0.15) is 11.6 Å². The smallest absolute Gasteiger partial charge is 0.340 e. The first-order valence-corrected chi connectivity index (χ1v) is 8.37. The number of nitrogens with one attached hydrogen (secondary N) is 3. The van der Waals surface area contributed by atoms with Crippen molar-refractivity contribution in [2.24, 2.45) is 5.92 Å². The van der Waals surface area contributed by atoms with Crippen LogP contribution in [0.2, 0.25) is 0 Å². The molecule has 1 aromatic heterocycles. The van der Waals surface area contributed by atoms with Crippen LogP contribution in [0.1, 0.15) is 24.2 Å². The summed E-state index contributed by atoms with van der Waals surface area (Å²) >= 11 is 0. The van der Waals surface area contributed by atoms with Gasteiger partial charge in [0.05, 0.1) is 19.6 Å². The van der Waals surface area contributed by atoms with Gasteiger partial charge in [-0.05, 0) is 24.1 Å². The molecule has 1 saturated heterocycles. The first-order chi connectivity index (χ1) is 12.5. The molecule has 9 heteroatoms. The SMILES string of the molecule is COc1cccc(CN2CC(C(=O)NCc3n[nH]c(=O)[nH]3)CCC2=O)c1. The summed E-state index contributed by atoms with van der Waals surface area (Å²) in [5.74, 6) is 0.687. The standard InChI is InChI=1S/C17H21N5O4/c1-26-13-4-2-3-11(7-13)9-22-10-12(5-6-15(22)23)16(24)18-8-14-19-17(25)21-20-14/h2-4,7,12H,5-6,8-10H2,1H3,(H,18,24)(H2,19,20,21,25). The normalized spacial score (nSPS) is 17.2. The molecule has 0 spiro atoms. The van der Waals surface area contributed by atoms with Gasteiger partial charge in [0.25, 0.3) is 0 Å². The summed E-state index contributed by atoms with van der Waals surface area (Å²) in [4.78, 5) is 39.8. The van der Waals surface area contributed by atoms with Gasteiger partial charge in [-0.1, -0.05) is 12.1 Å². The van der Waals surface area contributed by atoms with E-state index in [9.17, 15) is 14.4 Å². The molecule has 26 heavy (non-hydrogen) atoms. The van der Waals surface area contributed by atoms with Crippen molar-refractivity contribution in [3.8, 4) is 5.75 Å². The molecular weight excluding hydrogens is 338 g/mol. The fourth-order valence-corrected chi connectivity index (χ4v) is 2.98. The number of carbonyl (C=O) groups excluding carboxylic acids is 2. The van der Waals surface area contributed by atoms with Crippen LogP contribution >= 0.6 is 0 Å². The van der Waals surface area contributed by atoms with Gasteiger partial charge in [-0.2, -0.15) is 5.10 Å². The monoisotopic (exact) mass is 359 g/mol. The predicted octanol–water partition coefficient (Wildman–Crippen LogP) is 0.162. The van der Waals surface area contributed by atoms with Crippen LogP contribution in [0.3, 0.4) is 0 Å². The molecule has 1 fully saturated rings. The minimum absolute atomic E-state index is 0.0356. The molecule has 1 aliphatic heterocycles. The van der Waals surface area contributed by atoms with E-state index >= 15 is 0 Å². The quantitative estimate of drug-likeness (QED) is 0.679. The first kappa shape index (κ1) is 17.7. The topological polar surface area (TPSA) is 120 Å². The van der Waals surface area contributed by atoms with Crippen molar-refractivity contribution in [1.82, 2.24) is 25.4 Å². The third-order valence-electron chi connectivity index (χ3n) is 4.36. The Hall–Kier alpha value is -3.10. The Morgan fingerprint density at radius 3 is 3.00 bits per heavy atom. The molecule has 0 saturated carbocycles. The van der Waals surface area contributed by atoms with Crippen LogP contribution in [0.25, 0.3) is 0 Å². The highest BCUT2D eigenvalue weighted by Crippen LogP contribution is 2.21. The number of ether oxygens (including phenoxy) is 1. The van der Waals surface area contributed by atoms with Gasteiger partial charge in [0.15, 0.2) is 0 Å². The van der Waals surface area contributed by atoms with Crippen molar-refractivity contribution in [2.45, 2.75) is 25.9 Å². The minimum Gasteiger partial charge on any atom is -0.497 e. The Morgan fingerprint density at radius 2 is 2.27 bits per heavy atom. The molecule has 9 nitrogen and oxygen atoms in total.